The van der Waals surface area contributed by atoms with E-state index in [0.29, 0.717) is 11.6 Å². The van der Waals surface area contributed by atoms with Gasteiger partial charge in [-0.15, -0.1) is 0 Å². The Bertz CT molecular complexity index is 703. The zero-order valence-corrected chi connectivity index (χ0v) is 11.6. The Balaban J connectivity index is 1.90. The fourth-order valence-corrected chi connectivity index (χ4v) is 2.22. The highest BCUT2D eigenvalue weighted by Gasteiger charge is 2.10. The summed E-state index contributed by atoms with van der Waals surface area (Å²) in [7, 11) is 0. The maximum absolute atomic E-state index is 6.26. The van der Waals surface area contributed by atoms with Crippen LogP contribution in [0, 0.1) is 6.92 Å². The Morgan fingerprint density at radius 1 is 1.40 bits per heavy atom. The molecule has 0 atom stereocenters. The Labute approximate surface area is 120 Å². The third kappa shape index (κ3) is 2.37. The van der Waals surface area contributed by atoms with Crippen molar-refractivity contribution >= 4 is 17.3 Å². The molecule has 0 aliphatic carbocycles. The van der Waals surface area contributed by atoms with Crippen molar-refractivity contribution in [3.05, 3.63) is 53.6 Å². The molecule has 2 aromatic heterocycles. The molecule has 2 N–H and O–H groups in total. The average Bonchev–Trinajstić information content (AvgIpc) is 3.08. The quantitative estimate of drug-likeness (QED) is 0.774. The summed E-state index contributed by atoms with van der Waals surface area (Å²) >= 11 is 6.26. The maximum atomic E-state index is 6.26. The second-order valence-electron chi connectivity index (χ2n) is 4.30. The third-order valence-corrected chi connectivity index (χ3v) is 3.32. The molecule has 0 fully saturated rings. The molecule has 20 heavy (non-hydrogen) atoms. The van der Waals surface area contributed by atoms with Crippen LogP contribution in [0.1, 0.15) is 11.4 Å². The molecule has 0 amide bonds. The van der Waals surface area contributed by atoms with Crippen LogP contribution >= 0.6 is 11.6 Å². The van der Waals surface area contributed by atoms with Crippen LogP contribution in [0.4, 0.5) is 5.69 Å². The summed E-state index contributed by atoms with van der Waals surface area (Å²) in [5.74, 6) is 0. The molecule has 0 aliphatic heterocycles. The van der Waals surface area contributed by atoms with Gasteiger partial charge in [-0.25, -0.2) is 14.6 Å². The van der Waals surface area contributed by atoms with Crippen LogP contribution in [0.5, 0.6) is 0 Å². The first-order valence-corrected chi connectivity index (χ1v) is 6.49. The van der Waals surface area contributed by atoms with Gasteiger partial charge in [-0.1, -0.05) is 17.7 Å². The number of nitrogens with zero attached hydrogens (tertiary/aromatic N) is 4. The number of aromatic amines is 1. The highest BCUT2D eigenvalue weighted by Crippen LogP contribution is 2.28. The van der Waals surface area contributed by atoms with Crippen LogP contribution in [0.25, 0.3) is 5.69 Å². The van der Waals surface area contributed by atoms with Gasteiger partial charge in [-0.05, 0) is 19.1 Å². The zero-order valence-electron chi connectivity index (χ0n) is 10.8. The standard InChI is InChI=1S/C13H13ClN6/c1-9-12(18-7-17-9)5-16-11-4-2-3-10(14)13(11)20-8-15-6-19-20/h2-4,6-8,16H,5H2,1H3,(H,17,18). The molecule has 0 radical (unpaired) electrons. The molecule has 3 rings (SSSR count). The number of nitrogens with one attached hydrogen (secondary N) is 2. The number of hydrogen-bond donors (Lipinski definition) is 2. The van der Waals surface area contributed by atoms with E-state index in [0.717, 1.165) is 22.8 Å². The molecule has 7 heteroatoms. The number of para-hydroxylation sites is 1. The molecule has 1 aromatic carbocycles. The average molecular weight is 289 g/mol. The van der Waals surface area contributed by atoms with Gasteiger partial charge in [0.15, 0.2) is 0 Å². The molecule has 102 valence electrons. The minimum absolute atomic E-state index is 0.609. The van der Waals surface area contributed by atoms with Crippen molar-refractivity contribution in [2.24, 2.45) is 0 Å². The topological polar surface area (TPSA) is 71.4 Å². The summed E-state index contributed by atoms with van der Waals surface area (Å²) in [5, 5.41) is 8.07. The van der Waals surface area contributed by atoms with Gasteiger partial charge in [0.1, 0.15) is 18.3 Å². The second-order valence-corrected chi connectivity index (χ2v) is 4.71. The smallest absolute Gasteiger partial charge is 0.138 e. The van der Waals surface area contributed by atoms with E-state index in [1.54, 1.807) is 17.3 Å². The molecule has 6 nitrogen and oxygen atoms in total. The summed E-state index contributed by atoms with van der Waals surface area (Å²) in [5.41, 5.74) is 3.67. The maximum Gasteiger partial charge on any atom is 0.138 e. The minimum atomic E-state index is 0.609. The lowest BCUT2D eigenvalue weighted by Crippen LogP contribution is -2.06. The van der Waals surface area contributed by atoms with Gasteiger partial charge >= 0.3 is 0 Å². The van der Waals surface area contributed by atoms with E-state index in [1.165, 1.54) is 6.33 Å². The van der Waals surface area contributed by atoms with E-state index in [9.17, 15) is 0 Å². The van der Waals surface area contributed by atoms with E-state index >= 15 is 0 Å². The third-order valence-electron chi connectivity index (χ3n) is 3.02. The van der Waals surface area contributed by atoms with Crippen molar-refractivity contribution in [1.82, 2.24) is 24.7 Å². The SMILES string of the molecule is Cc1[nH]cnc1CNc1cccc(Cl)c1-n1cncn1. The lowest BCUT2D eigenvalue weighted by Gasteiger charge is -2.12. The molecule has 3 aromatic rings. The van der Waals surface area contributed by atoms with Crippen molar-refractivity contribution in [1.29, 1.82) is 0 Å². The molecule has 0 bridgehead atoms. The van der Waals surface area contributed by atoms with Crippen molar-refractivity contribution in [3.8, 4) is 5.69 Å². The largest absolute Gasteiger partial charge is 0.378 e. The Kier molecular flexibility index (Phi) is 3.39. The number of halogens is 1. The zero-order chi connectivity index (χ0) is 13.9. The Hall–Kier alpha value is -2.34. The first kappa shape index (κ1) is 12.7. The van der Waals surface area contributed by atoms with E-state index in [4.69, 9.17) is 11.6 Å². The Morgan fingerprint density at radius 2 is 2.30 bits per heavy atom. The number of rotatable bonds is 4. The first-order valence-electron chi connectivity index (χ1n) is 6.12. The highest BCUT2D eigenvalue weighted by atomic mass is 35.5. The van der Waals surface area contributed by atoms with Gasteiger partial charge in [-0.2, -0.15) is 5.10 Å². The highest BCUT2D eigenvalue weighted by molar-refractivity contribution is 6.33. The Morgan fingerprint density at radius 3 is 3.00 bits per heavy atom. The molecular weight excluding hydrogens is 276 g/mol. The molecule has 0 aliphatic rings. The summed E-state index contributed by atoms with van der Waals surface area (Å²) < 4.78 is 1.64. The summed E-state index contributed by atoms with van der Waals surface area (Å²) in [6.45, 7) is 2.59. The van der Waals surface area contributed by atoms with Crippen LogP contribution in [0.3, 0.4) is 0 Å². The second kappa shape index (κ2) is 5.34. The molecule has 0 spiro atoms. The lowest BCUT2D eigenvalue weighted by atomic mass is 10.2. The van der Waals surface area contributed by atoms with Crippen LogP contribution in [0.15, 0.2) is 37.2 Å². The van der Waals surface area contributed by atoms with Crippen molar-refractivity contribution in [2.45, 2.75) is 13.5 Å². The number of imidazole rings is 1. The molecule has 2 heterocycles. The monoisotopic (exact) mass is 288 g/mol. The van der Waals surface area contributed by atoms with Gasteiger partial charge < -0.3 is 10.3 Å². The van der Waals surface area contributed by atoms with Crippen LogP contribution in [0.2, 0.25) is 5.02 Å². The fourth-order valence-electron chi connectivity index (χ4n) is 1.96. The number of aryl methyl sites for hydroxylation is 1. The number of benzene rings is 1. The van der Waals surface area contributed by atoms with E-state index in [1.807, 2.05) is 25.1 Å². The van der Waals surface area contributed by atoms with Gasteiger partial charge in [0.05, 0.1) is 29.3 Å². The van der Waals surface area contributed by atoms with E-state index < -0.39 is 0 Å². The summed E-state index contributed by atoms with van der Waals surface area (Å²) in [6.07, 6.45) is 4.78. The van der Waals surface area contributed by atoms with Crippen molar-refractivity contribution < 1.29 is 0 Å². The van der Waals surface area contributed by atoms with Crippen LogP contribution < -0.4 is 5.32 Å². The number of H-pyrrole nitrogens is 1. The molecule has 0 saturated heterocycles. The van der Waals surface area contributed by atoms with Crippen molar-refractivity contribution in [2.75, 3.05) is 5.32 Å². The van der Waals surface area contributed by atoms with Gasteiger partial charge in [0, 0.05) is 5.69 Å². The predicted octanol–water partition coefficient (Wildman–Crippen LogP) is 2.56. The molecular formula is C13H13ClN6. The van der Waals surface area contributed by atoms with Crippen LogP contribution in [-0.2, 0) is 6.54 Å². The van der Waals surface area contributed by atoms with Gasteiger partial charge in [0.2, 0.25) is 0 Å². The van der Waals surface area contributed by atoms with Gasteiger partial charge in [0.25, 0.3) is 0 Å². The molecule has 0 saturated carbocycles. The summed E-state index contributed by atoms with van der Waals surface area (Å²) in [6, 6.07) is 5.66. The number of aromatic nitrogens is 5. The normalized spacial score (nSPS) is 10.7. The predicted molar refractivity (Wildman–Crippen MR) is 77.0 cm³/mol. The fraction of sp³-hybridized carbons (Fsp3) is 0.154. The summed E-state index contributed by atoms with van der Waals surface area (Å²) in [4.78, 5) is 11.3. The number of anilines is 1. The van der Waals surface area contributed by atoms with E-state index in [-0.39, 0.29) is 0 Å². The molecule has 0 unspecified atom stereocenters. The van der Waals surface area contributed by atoms with Crippen molar-refractivity contribution in [3.63, 3.8) is 0 Å². The lowest BCUT2D eigenvalue weighted by molar-refractivity contribution is 0.877. The van der Waals surface area contributed by atoms with Gasteiger partial charge in [-0.3, -0.25) is 0 Å². The minimum Gasteiger partial charge on any atom is -0.378 e. The first-order chi connectivity index (χ1) is 9.75. The van der Waals surface area contributed by atoms with Crippen LogP contribution in [-0.4, -0.2) is 24.7 Å². The van der Waals surface area contributed by atoms with E-state index in [2.05, 4.69) is 25.4 Å². The number of hydrogen-bond acceptors (Lipinski definition) is 4.